The van der Waals surface area contributed by atoms with Crippen LogP contribution in [0, 0.1) is 6.92 Å². The first-order valence-electron chi connectivity index (χ1n) is 7.10. The van der Waals surface area contributed by atoms with E-state index in [1.54, 1.807) is 0 Å². The molecule has 0 fully saturated rings. The summed E-state index contributed by atoms with van der Waals surface area (Å²) in [5.41, 5.74) is 2.26. The highest BCUT2D eigenvalue weighted by Gasteiger charge is 2.12. The van der Waals surface area contributed by atoms with E-state index in [0.29, 0.717) is 13.0 Å². The second kappa shape index (κ2) is 6.57. The van der Waals surface area contributed by atoms with Crippen molar-refractivity contribution < 1.29 is 9.90 Å². The van der Waals surface area contributed by atoms with Crippen LogP contribution in [-0.4, -0.2) is 28.2 Å². The standard InChI is InChI=1S/C16H22N2O2/c1-3-13(8-9-19)17-16(20)11-18-10-12(2)14-6-4-5-7-15(14)18/h4-7,10,13,19H,3,8-9,11H2,1-2H3,(H,17,20). The summed E-state index contributed by atoms with van der Waals surface area (Å²) in [6.07, 6.45) is 3.45. The topological polar surface area (TPSA) is 54.3 Å². The molecule has 0 radical (unpaired) electrons. The number of aryl methyl sites for hydroxylation is 1. The summed E-state index contributed by atoms with van der Waals surface area (Å²) < 4.78 is 1.98. The number of carbonyl (C=O) groups excluding carboxylic acids is 1. The molecule has 0 aliphatic heterocycles. The lowest BCUT2D eigenvalue weighted by Gasteiger charge is -2.16. The highest BCUT2D eigenvalue weighted by molar-refractivity contribution is 5.86. The van der Waals surface area contributed by atoms with Gasteiger partial charge in [-0.3, -0.25) is 4.79 Å². The highest BCUT2D eigenvalue weighted by Crippen LogP contribution is 2.20. The first kappa shape index (κ1) is 14.6. The normalized spacial score (nSPS) is 12.6. The van der Waals surface area contributed by atoms with Crippen LogP contribution in [0.15, 0.2) is 30.5 Å². The van der Waals surface area contributed by atoms with Crippen molar-refractivity contribution >= 4 is 16.8 Å². The molecule has 4 nitrogen and oxygen atoms in total. The van der Waals surface area contributed by atoms with Crippen LogP contribution in [0.2, 0.25) is 0 Å². The van der Waals surface area contributed by atoms with Crippen molar-refractivity contribution in [1.82, 2.24) is 9.88 Å². The van der Waals surface area contributed by atoms with Crippen LogP contribution in [-0.2, 0) is 11.3 Å². The number of rotatable bonds is 6. The monoisotopic (exact) mass is 274 g/mol. The van der Waals surface area contributed by atoms with E-state index in [9.17, 15) is 4.79 Å². The molecule has 0 aliphatic carbocycles. The molecule has 4 heteroatoms. The third-order valence-corrected chi connectivity index (χ3v) is 3.64. The molecule has 1 amide bonds. The summed E-state index contributed by atoms with van der Waals surface area (Å²) in [6, 6.07) is 8.14. The van der Waals surface area contributed by atoms with Crippen molar-refractivity contribution in [3.63, 3.8) is 0 Å². The summed E-state index contributed by atoms with van der Waals surface area (Å²) in [4.78, 5) is 12.1. The molecule has 1 heterocycles. The van der Waals surface area contributed by atoms with E-state index in [0.717, 1.165) is 11.9 Å². The Morgan fingerprint density at radius 2 is 2.15 bits per heavy atom. The average molecular weight is 274 g/mol. The highest BCUT2D eigenvalue weighted by atomic mass is 16.3. The van der Waals surface area contributed by atoms with E-state index in [4.69, 9.17) is 5.11 Å². The van der Waals surface area contributed by atoms with Crippen molar-refractivity contribution in [2.75, 3.05) is 6.61 Å². The van der Waals surface area contributed by atoms with Crippen LogP contribution in [0.5, 0.6) is 0 Å². The van der Waals surface area contributed by atoms with E-state index in [-0.39, 0.29) is 18.6 Å². The van der Waals surface area contributed by atoms with E-state index >= 15 is 0 Å². The number of aliphatic hydroxyl groups excluding tert-OH is 1. The first-order valence-corrected chi connectivity index (χ1v) is 7.10. The number of hydrogen-bond donors (Lipinski definition) is 2. The zero-order valence-corrected chi connectivity index (χ0v) is 12.1. The lowest BCUT2D eigenvalue weighted by molar-refractivity contribution is -0.122. The van der Waals surface area contributed by atoms with Crippen molar-refractivity contribution in [3.05, 3.63) is 36.0 Å². The zero-order chi connectivity index (χ0) is 14.5. The third kappa shape index (κ3) is 3.20. The molecule has 1 aromatic carbocycles. The Hall–Kier alpha value is -1.81. The van der Waals surface area contributed by atoms with Crippen LogP contribution in [0.25, 0.3) is 10.9 Å². The van der Waals surface area contributed by atoms with Gasteiger partial charge in [0.1, 0.15) is 6.54 Å². The molecule has 0 saturated carbocycles. The van der Waals surface area contributed by atoms with Crippen molar-refractivity contribution in [1.29, 1.82) is 0 Å². The summed E-state index contributed by atoms with van der Waals surface area (Å²) >= 11 is 0. The Morgan fingerprint density at radius 1 is 1.40 bits per heavy atom. The van der Waals surface area contributed by atoms with Crippen LogP contribution in [0.3, 0.4) is 0 Å². The molecule has 1 atom stereocenters. The number of benzene rings is 1. The third-order valence-electron chi connectivity index (χ3n) is 3.64. The van der Waals surface area contributed by atoms with E-state index < -0.39 is 0 Å². The minimum atomic E-state index is -0.00828. The number of amides is 1. The van der Waals surface area contributed by atoms with Crippen LogP contribution in [0.1, 0.15) is 25.3 Å². The average Bonchev–Trinajstić information content (AvgIpc) is 2.75. The Kier molecular flexibility index (Phi) is 4.79. The molecule has 0 saturated heterocycles. The molecule has 2 N–H and O–H groups in total. The van der Waals surface area contributed by atoms with Gasteiger partial charge in [0, 0.05) is 29.7 Å². The molecule has 2 rings (SSSR count). The minimum absolute atomic E-state index is 0.00828. The number of aromatic nitrogens is 1. The Balaban J connectivity index is 2.10. The maximum Gasteiger partial charge on any atom is 0.240 e. The number of fused-ring (bicyclic) bond motifs is 1. The summed E-state index contributed by atoms with van der Waals surface area (Å²) in [5.74, 6) is -0.00828. The predicted molar refractivity (Wildman–Crippen MR) is 80.6 cm³/mol. The van der Waals surface area contributed by atoms with Gasteiger partial charge in [0.15, 0.2) is 0 Å². The van der Waals surface area contributed by atoms with Crippen molar-refractivity contribution in [2.24, 2.45) is 0 Å². The Bertz CT molecular complexity index is 589. The fourth-order valence-corrected chi connectivity index (χ4v) is 2.52. The van der Waals surface area contributed by atoms with Gasteiger partial charge in [0.2, 0.25) is 5.91 Å². The SMILES string of the molecule is CCC(CCO)NC(=O)Cn1cc(C)c2ccccc21. The van der Waals surface area contributed by atoms with Gasteiger partial charge >= 0.3 is 0 Å². The summed E-state index contributed by atoms with van der Waals surface area (Å²) in [6.45, 7) is 4.48. The van der Waals surface area contributed by atoms with E-state index in [1.807, 2.05) is 35.9 Å². The van der Waals surface area contributed by atoms with Gasteiger partial charge < -0.3 is 15.0 Å². The second-order valence-electron chi connectivity index (χ2n) is 5.14. The summed E-state index contributed by atoms with van der Waals surface area (Å²) in [7, 11) is 0. The fraction of sp³-hybridized carbons (Fsp3) is 0.438. The number of nitrogens with one attached hydrogen (secondary N) is 1. The van der Waals surface area contributed by atoms with Gasteiger partial charge in [-0.15, -0.1) is 0 Å². The zero-order valence-electron chi connectivity index (χ0n) is 12.1. The van der Waals surface area contributed by atoms with Crippen LogP contribution in [0.4, 0.5) is 0 Å². The number of para-hydroxylation sites is 1. The molecule has 1 aromatic heterocycles. The van der Waals surface area contributed by atoms with Crippen molar-refractivity contribution in [2.45, 2.75) is 39.3 Å². The quantitative estimate of drug-likeness (QED) is 0.848. The Labute approximate surface area is 119 Å². The molecular formula is C16H22N2O2. The maximum absolute atomic E-state index is 12.1. The molecule has 108 valence electrons. The fourth-order valence-electron chi connectivity index (χ4n) is 2.52. The largest absolute Gasteiger partial charge is 0.396 e. The van der Waals surface area contributed by atoms with Crippen LogP contribution >= 0.6 is 0 Å². The van der Waals surface area contributed by atoms with Gasteiger partial charge in [0.25, 0.3) is 0 Å². The molecule has 0 aliphatic rings. The molecule has 1 unspecified atom stereocenters. The molecule has 2 aromatic rings. The van der Waals surface area contributed by atoms with E-state index in [1.165, 1.54) is 10.9 Å². The first-order chi connectivity index (χ1) is 9.65. The van der Waals surface area contributed by atoms with Gasteiger partial charge in [-0.1, -0.05) is 25.1 Å². The lowest BCUT2D eigenvalue weighted by atomic mass is 10.1. The lowest BCUT2D eigenvalue weighted by Crippen LogP contribution is -2.37. The second-order valence-corrected chi connectivity index (χ2v) is 5.14. The molecule has 20 heavy (non-hydrogen) atoms. The number of hydrogen-bond acceptors (Lipinski definition) is 2. The van der Waals surface area contributed by atoms with Crippen LogP contribution < -0.4 is 5.32 Å². The molecule has 0 bridgehead atoms. The van der Waals surface area contributed by atoms with Gasteiger partial charge in [-0.2, -0.15) is 0 Å². The maximum atomic E-state index is 12.1. The van der Waals surface area contributed by atoms with Gasteiger partial charge in [-0.25, -0.2) is 0 Å². The smallest absolute Gasteiger partial charge is 0.240 e. The number of aliphatic hydroxyl groups is 1. The number of carbonyl (C=O) groups is 1. The number of nitrogens with zero attached hydrogens (tertiary/aromatic N) is 1. The predicted octanol–water partition coefficient (Wildman–Crippen LogP) is 2.23. The molecule has 0 spiro atoms. The minimum Gasteiger partial charge on any atom is -0.396 e. The van der Waals surface area contributed by atoms with Gasteiger partial charge in [0.05, 0.1) is 0 Å². The van der Waals surface area contributed by atoms with Gasteiger partial charge in [-0.05, 0) is 31.4 Å². The van der Waals surface area contributed by atoms with Crippen molar-refractivity contribution in [3.8, 4) is 0 Å². The molecular weight excluding hydrogens is 252 g/mol. The van der Waals surface area contributed by atoms with E-state index in [2.05, 4.69) is 18.3 Å². The summed E-state index contributed by atoms with van der Waals surface area (Å²) in [5, 5.41) is 13.1. The Morgan fingerprint density at radius 3 is 2.85 bits per heavy atom.